The summed E-state index contributed by atoms with van der Waals surface area (Å²) in [6, 6.07) is 1.83. The number of amides is 1. The van der Waals surface area contributed by atoms with Gasteiger partial charge < -0.3 is 5.32 Å². The van der Waals surface area contributed by atoms with Gasteiger partial charge in [0.25, 0.3) is 5.91 Å². The summed E-state index contributed by atoms with van der Waals surface area (Å²) in [5.41, 5.74) is 1.46. The molecule has 1 N–H and O–H groups in total. The average Bonchev–Trinajstić information content (AvgIpc) is 2.06. The molecule has 0 saturated heterocycles. The summed E-state index contributed by atoms with van der Waals surface area (Å²) in [6.45, 7) is 0.706. The van der Waals surface area contributed by atoms with Crippen molar-refractivity contribution in [3.05, 3.63) is 23.5 Å². The lowest BCUT2D eigenvalue weighted by molar-refractivity contribution is 0.0939. The summed E-state index contributed by atoms with van der Waals surface area (Å²) >= 11 is 0. The quantitative estimate of drug-likeness (QED) is 0.554. The largest absolute Gasteiger partial charge is 0.350 e. The molecular formula is C7H7N3O. The Kier molecular flexibility index (Phi) is 1.31. The van der Waals surface area contributed by atoms with E-state index in [4.69, 9.17) is 0 Å². The number of hydrogen-bond acceptors (Lipinski definition) is 3. The first-order valence-electron chi connectivity index (χ1n) is 3.47. The minimum Gasteiger partial charge on any atom is -0.350 e. The van der Waals surface area contributed by atoms with Gasteiger partial charge >= 0.3 is 0 Å². The Balaban J connectivity index is 2.52. The molecule has 4 nitrogen and oxygen atoms in total. The number of nitrogens with zero attached hydrogens (tertiary/aromatic N) is 2. The molecule has 1 aromatic rings. The van der Waals surface area contributed by atoms with E-state index in [1.165, 1.54) is 0 Å². The third-order valence-electron chi connectivity index (χ3n) is 1.70. The summed E-state index contributed by atoms with van der Waals surface area (Å²) in [6.07, 6.45) is 2.47. The molecule has 0 radical (unpaired) electrons. The SMILES string of the molecule is O=C1NCCc2ccnnc21. The van der Waals surface area contributed by atoms with Gasteiger partial charge in [0.1, 0.15) is 0 Å². The smallest absolute Gasteiger partial charge is 0.272 e. The van der Waals surface area contributed by atoms with Crippen molar-refractivity contribution >= 4 is 5.91 Å². The maximum Gasteiger partial charge on any atom is 0.272 e. The van der Waals surface area contributed by atoms with Crippen LogP contribution in [0.3, 0.4) is 0 Å². The van der Waals surface area contributed by atoms with Crippen LogP contribution in [-0.2, 0) is 6.42 Å². The van der Waals surface area contributed by atoms with Gasteiger partial charge in [0.15, 0.2) is 5.69 Å². The molecule has 11 heavy (non-hydrogen) atoms. The van der Waals surface area contributed by atoms with Gasteiger partial charge in [-0.2, -0.15) is 5.10 Å². The summed E-state index contributed by atoms with van der Waals surface area (Å²) in [7, 11) is 0. The third-order valence-corrected chi connectivity index (χ3v) is 1.70. The average molecular weight is 149 g/mol. The van der Waals surface area contributed by atoms with Crippen molar-refractivity contribution in [2.75, 3.05) is 6.54 Å². The molecular weight excluding hydrogens is 142 g/mol. The highest BCUT2D eigenvalue weighted by Crippen LogP contribution is 2.07. The van der Waals surface area contributed by atoms with Crippen molar-refractivity contribution in [3.63, 3.8) is 0 Å². The number of aromatic nitrogens is 2. The highest BCUT2D eigenvalue weighted by molar-refractivity contribution is 5.94. The molecule has 0 unspecified atom stereocenters. The standard InChI is InChI=1S/C7H7N3O/c11-7-6-5(1-3-8-7)2-4-9-10-6/h2,4H,1,3H2,(H,8,11). The van der Waals surface area contributed by atoms with Gasteiger partial charge in [-0.3, -0.25) is 4.79 Å². The summed E-state index contributed by atoms with van der Waals surface area (Å²) in [5.74, 6) is -0.112. The van der Waals surface area contributed by atoms with Gasteiger partial charge in [0.05, 0.1) is 0 Å². The van der Waals surface area contributed by atoms with Gasteiger partial charge in [0, 0.05) is 12.7 Å². The van der Waals surface area contributed by atoms with Crippen LogP contribution in [-0.4, -0.2) is 22.6 Å². The molecule has 4 heteroatoms. The van der Waals surface area contributed by atoms with E-state index >= 15 is 0 Å². The first kappa shape index (κ1) is 6.27. The molecule has 1 aliphatic rings. The van der Waals surface area contributed by atoms with Crippen molar-refractivity contribution in [3.8, 4) is 0 Å². The molecule has 1 aromatic heterocycles. The number of hydrogen-bond donors (Lipinski definition) is 1. The zero-order valence-electron chi connectivity index (χ0n) is 5.87. The maximum atomic E-state index is 11.1. The predicted octanol–water partition coefficient (Wildman–Crippen LogP) is -0.238. The van der Waals surface area contributed by atoms with Gasteiger partial charge in [-0.05, 0) is 18.1 Å². The lowest BCUT2D eigenvalue weighted by Crippen LogP contribution is -2.32. The molecule has 0 spiro atoms. The van der Waals surface area contributed by atoms with E-state index in [0.717, 1.165) is 12.0 Å². The number of rotatable bonds is 0. The van der Waals surface area contributed by atoms with Crippen molar-refractivity contribution < 1.29 is 4.79 Å². The van der Waals surface area contributed by atoms with Crippen molar-refractivity contribution in [1.82, 2.24) is 15.5 Å². The van der Waals surface area contributed by atoms with E-state index in [1.807, 2.05) is 6.07 Å². The Morgan fingerprint density at radius 1 is 1.55 bits per heavy atom. The Labute approximate surface area is 63.6 Å². The monoisotopic (exact) mass is 149 g/mol. The molecule has 0 bridgehead atoms. The molecule has 1 aliphatic heterocycles. The molecule has 0 atom stereocenters. The van der Waals surface area contributed by atoms with Crippen LogP contribution in [0.5, 0.6) is 0 Å². The normalized spacial score (nSPS) is 15.5. The Hall–Kier alpha value is -1.45. The zero-order chi connectivity index (χ0) is 7.68. The van der Waals surface area contributed by atoms with E-state index in [9.17, 15) is 4.79 Å². The second kappa shape index (κ2) is 2.30. The van der Waals surface area contributed by atoms with Crippen LogP contribution in [0.2, 0.25) is 0 Å². The van der Waals surface area contributed by atoms with Gasteiger partial charge in [-0.15, -0.1) is 5.10 Å². The lowest BCUT2D eigenvalue weighted by Gasteiger charge is -2.12. The summed E-state index contributed by atoms with van der Waals surface area (Å²) in [5, 5.41) is 10.1. The minimum absolute atomic E-state index is 0.112. The second-order valence-electron chi connectivity index (χ2n) is 2.41. The second-order valence-corrected chi connectivity index (χ2v) is 2.41. The van der Waals surface area contributed by atoms with Crippen molar-refractivity contribution in [1.29, 1.82) is 0 Å². The summed E-state index contributed by atoms with van der Waals surface area (Å²) in [4.78, 5) is 11.1. The van der Waals surface area contributed by atoms with E-state index in [1.54, 1.807) is 6.20 Å². The van der Waals surface area contributed by atoms with Crippen LogP contribution >= 0.6 is 0 Å². The molecule has 1 amide bonds. The zero-order valence-corrected chi connectivity index (χ0v) is 5.87. The Bertz CT molecular complexity index is 297. The molecule has 56 valence electrons. The van der Waals surface area contributed by atoms with Crippen LogP contribution < -0.4 is 5.32 Å². The molecule has 0 aromatic carbocycles. The lowest BCUT2D eigenvalue weighted by atomic mass is 10.1. The van der Waals surface area contributed by atoms with Crippen molar-refractivity contribution in [2.45, 2.75) is 6.42 Å². The van der Waals surface area contributed by atoms with E-state index in [0.29, 0.717) is 12.2 Å². The molecule has 2 rings (SSSR count). The molecule has 0 fully saturated rings. The predicted molar refractivity (Wildman–Crippen MR) is 38.1 cm³/mol. The summed E-state index contributed by atoms with van der Waals surface area (Å²) < 4.78 is 0. The van der Waals surface area contributed by atoms with E-state index in [-0.39, 0.29) is 5.91 Å². The Morgan fingerprint density at radius 2 is 2.45 bits per heavy atom. The van der Waals surface area contributed by atoms with E-state index < -0.39 is 0 Å². The highest BCUT2D eigenvalue weighted by atomic mass is 16.1. The van der Waals surface area contributed by atoms with Crippen molar-refractivity contribution in [2.24, 2.45) is 0 Å². The first-order chi connectivity index (χ1) is 5.38. The van der Waals surface area contributed by atoms with Crippen LogP contribution in [0.15, 0.2) is 12.3 Å². The Morgan fingerprint density at radius 3 is 3.27 bits per heavy atom. The van der Waals surface area contributed by atoms with Crippen LogP contribution in [0.25, 0.3) is 0 Å². The number of fused-ring (bicyclic) bond motifs is 1. The number of carbonyl (C=O) groups is 1. The van der Waals surface area contributed by atoms with Crippen LogP contribution in [0, 0.1) is 0 Å². The molecule has 0 saturated carbocycles. The van der Waals surface area contributed by atoms with Gasteiger partial charge in [0.2, 0.25) is 0 Å². The highest BCUT2D eigenvalue weighted by Gasteiger charge is 2.17. The third kappa shape index (κ3) is 0.960. The van der Waals surface area contributed by atoms with Gasteiger partial charge in [-0.1, -0.05) is 0 Å². The topological polar surface area (TPSA) is 54.9 Å². The maximum absolute atomic E-state index is 11.1. The van der Waals surface area contributed by atoms with E-state index in [2.05, 4.69) is 15.5 Å². The number of nitrogens with one attached hydrogen (secondary N) is 1. The molecule has 2 heterocycles. The number of carbonyl (C=O) groups excluding carboxylic acids is 1. The fourth-order valence-corrected chi connectivity index (χ4v) is 1.14. The van der Waals surface area contributed by atoms with Gasteiger partial charge in [-0.25, -0.2) is 0 Å². The molecule has 0 aliphatic carbocycles. The fraction of sp³-hybridized carbons (Fsp3) is 0.286. The minimum atomic E-state index is -0.112. The van der Waals surface area contributed by atoms with Crippen LogP contribution in [0.1, 0.15) is 16.1 Å². The van der Waals surface area contributed by atoms with Crippen LogP contribution in [0.4, 0.5) is 0 Å². The first-order valence-corrected chi connectivity index (χ1v) is 3.47. The fourth-order valence-electron chi connectivity index (χ4n) is 1.14.